The van der Waals surface area contributed by atoms with Crippen LogP contribution in [-0.4, -0.2) is 46.3 Å². The Bertz CT molecular complexity index is 1780. The normalized spacial score (nSPS) is 15.5. The van der Waals surface area contributed by atoms with Crippen LogP contribution in [0.15, 0.2) is 60.7 Å². The molecule has 3 heterocycles. The molecule has 1 atom stereocenters. The fraction of sp³-hybridized carbons (Fsp3) is 0.385. The van der Waals surface area contributed by atoms with Crippen molar-refractivity contribution in [3.8, 4) is 28.0 Å². The van der Waals surface area contributed by atoms with Gasteiger partial charge in [0.1, 0.15) is 11.6 Å². The summed E-state index contributed by atoms with van der Waals surface area (Å²) in [6, 6.07) is 19.8. The van der Waals surface area contributed by atoms with Gasteiger partial charge in [0.15, 0.2) is 6.10 Å². The predicted molar refractivity (Wildman–Crippen MR) is 179 cm³/mol. The predicted octanol–water partition coefficient (Wildman–Crippen LogP) is 8.04. The summed E-state index contributed by atoms with van der Waals surface area (Å²) >= 11 is 0. The molecule has 0 spiro atoms. The molecule has 2 aliphatic rings. The van der Waals surface area contributed by atoms with E-state index >= 15 is 0 Å². The van der Waals surface area contributed by atoms with Crippen molar-refractivity contribution >= 4 is 5.97 Å². The third kappa shape index (κ3) is 6.72. The number of aliphatic carboxylic acids is 1. The van der Waals surface area contributed by atoms with Crippen LogP contribution in [0, 0.1) is 19.7 Å². The quantitative estimate of drug-likeness (QED) is 0.215. The second-order valence-electron chi connectivity index (χ2n) is 13.5. The first-order valence-corrected chi connectivity index (χ1v) is 16.2. The summed E-state index contributed by atoms with van der Waals surface area (Å²) in [5, 5.41) is 10.5. The topological polar surface area (TPSA) is 71.9 Å². The van der Waals surface area contributed by atoms with Crippen molar-refractivity contribution in [2.45, 2.75) is 78.6 Å². The maximum atomic E-state index is 14.2. The van der Waals surface area contributed by atoms with Gasteiger partial charge in [-0.05, 0) is 117 Å². The van der Waals surface area contributed by atoms with Gasteiger partial charge in [-0.3, -0.25) is 9.88 Å². The molecule has 0 bridgehead atoms. The number of carbonyl (C=O) groups is 1. The van der Waals surface area contributed by atoms with Gasteiger partial charge in [0, 0.05) is 42.1 Å². The molecule has 240 valence electrons. The van der Waals surface area contributed by atoms with Gasteiger partial charge in [0.25, 0.3) is 0 Å². The number of pyridine rings is 1. The van der Waals surface area contributed by atoms with Gasteiger partial charge in [0.2, 0.25) is 0 Å². The molecule has 0 radical (unpaired) electrons. The van der Waals surface area contributed by atoms with E-state index in [-0.39, 0.29) is 5.82 Å². The van der Waals surface area contributed by atoms with Crippen molar-refractivity contribution in [3.05, 3.63) is 106 Å². The first-order chi connectivity index (χ1) is 22.0. The minimum atomic E-state index is -1.20. The molecule has 0 saturated heterocycles. The number of fused-ring (bicyclic) bond motifs is 2. The van der Waals surface area contributed by atoms with Gasteiger partial charge in [-0.1, -0.05) is 42.5 Å². The molecule has 0 amide bonds. The molecule has 6 rings (SSSR count). The lowest BCUT2D eigenvalue weighted by Crippen LogP contribution is -2.32. The SMILES string of the molecule is Cc1nc(C)c(C(OC(C)(C)C)C(=O)O)c(-c2ccc3c(c2)CCCO3)c1-c1ccc2c(c1)CCN(CCc1ccccc1F)C2. The van der Waals surface area contributed by atoms with Gasteiger partial charge < -0.3 is 14.6 Å². The molecule has 6 nitrogen and oxygen atoms in total. The van der Waals surface area contributed by atoms with E-state index in [2.05, 4.69) is 29.2 Å². The number of hydrogen-bond acceptors (Lipinski definition) is 5. The summed E-state index contributed by atoms with van der Waals surface area (Å²) in [6.07, 6.45) is 2.20. The second kappa shape index (κ2) is 13.0. The van der Waals surface area contributed by atoms with Crippen LogP contribution in [0.2, 0.25) is 0 Å². The minimum Gasteiger partial charge on any atom is -0.493 e. The second-order valence-corrected chi connectivity index (χ2v) is 13.5. The maximum absolute atomic E-state index is 14.2. The first-order valence-electron chi connectivity index (χ1n) is 16.2. The highest BCUT2D eigenvalue weighted by Crippen LogP contribution is 2.44. The molecule has 1 aromatic heterocycles. The number of ether oxygens (including phenoxy) is 2. The highest BCUT2D eigenvalue weighted by molar-refractivity contribution is 5.91. The number of aryl methyl sites for hydroxylation is 3. The lowest BCUT2D eigenvalue weighted by Gasteiger charge is -2.31. The van der Waals surface area contributed by atoms with E-state index in [1.165, 1.54) is 17.2 Å². The summed E-state index contributed by atoms with van der Waals surface area (Å²) in [6.45, 7) is 12.7. The Morgan fingerprint density at radius 2 is 1.72 bits per heavy atom. The highest BCUT2D eigenvalue weighted by Gasteiger charge is 2.34. The molecule has 0 aliphatic carbocycles. The lowest BCUT2D eigenvalue weighted by molar-refractivity contribution is -0.160. The number of halogens is 1. The fourth-order valence-corrected chi connectivity index (χ4v) is 6.88. The van der Waals surface area contributed by atoms with Crippen LogP contribution in [0.4, 0.5) is 4.39 Å². The number of carboxylic acid groups (broad SMARTS) is 1. The van der Waals surface area contributed by atoms with Crippen LogP contribution in [-0.2, 0) is 35.3 Å². The van der Waals surface area contributed by atoms with Crippen LogP contribution in [0.1, 0.15) is 72.5 Å². The third-order valence-electron chi connectivity index (χ3n) is 9.00. The molecule has 3 aromatic carbocycles. The largest absolute Gasteiger partial charge is 0.493 e. The Morgan fingerprint density at radius 3 is 2.48 bits per heavy atom. The van der Waals surface area contributed by atoms with Crippen molar-refractivity contribution in [1.29, 1.82) is 0 Å². The molecule has 46 heavy (non-hydrogen) atoms. The Balaban J connectivity index is 1.43. The maximum Gasteiger partial charge on any atom is 0.337 e. The summed E-state index contributed by atoms with van der Waals surface area (Å²) < 4.78 is 26.4. The van der Waals surface area contributed by atoms with E-state index < -0.39 is 17.7 Å². The van der Waals surface area contributed by atoms with Crippen LogP contribution >= 0.6 is 0 Å². The number of rotatable bonds is 8. The summed E-state index contributed by atoms with van der Waals surface area (Å²) in [5.41, 5.74) is 9.48. The smallest absolute Gasteiger partial charge is 0.337 e. The van der Waals surface area contributed by atoms with Crippen LogP contribution in [0.3, 0.4) is 0 Å². The Labute approximate surface area is 271 Å². The summed E-state index contributed by atoms with van der Waals surface area (Å²) in [4.78, 5) is 20.2. The zero-order chi connectivity index (χ0) is 32.6. The highest BCUT2D eigenvalue weighted by atomic mass is 19.1. The molecule has 2 aliphatic heterocycles. The minimum absolute atomic E-state index is 0.147. The van der Waals surface area contributed by atoms with Crippen LogP contribution in [0.25, 0.3) is 22.3 Å². The molecule has 0 saturated carbocycles. The van der Waals surface area contributed by atoms with Gasteiger partial charge in [-0.25, -0.2) is 9.18 Å². The standard InChI is InChI=1S/C39H43FN2O4/c1-24-34(29-12-13-31-23-42(19-17-27(31)21-29)18-16-26-9-6-7-11-32(26)40)36(30-14-15-33-28(22-30)10-8-20-45-33)35(25(2)41-24)37(38(43)44)46-39(3,4)5/h6-7,9,11-15,21-22,37H,8,10,16-20,23H2,1-5H3,(H,43,44). The van der Waals surface area contributed by atoms with E-state index in [4.69, 9.17) is 14.5 Å². The van der Waals surface area contributed by atoms with Crippen molar-refractivity contribution < 1.29 is 23.8 Å². The molecule has 4 aromatic rings. The third-order valence-corrected chi connectivity index (χ3v) is 9.00. The monoisotopic (exact) mass is 622 g/mol. The number of aromatic nitrogens is 1. The van der Waals surface area contributed by atoms with Crippen LogP contribution < -0.4 is 4.74 Å². The average Bonchev–Trinajstić information content (AvgIpc) is 3.02. The van der Waals surface area contributed by atoms with Crippen molar-refractivity contribution in [1.82, 2.24) is 9.88 Å². The van der Waals surface area contributed by atoms with Crippen molar-refractivity contribution in [2.75, 3.05) is 19.7 Å². The number of hydrogen-bond donors (Lipinski definition) is 1. The number of carboxylic acids is 1. The molecular weight excluding hydrogens is 579 g/mol. The van der Waals surface area contributed by atoms with E-state index in [9.17, 15) is 14.3 Å². The molecule has 1 unspecified atom stereocenters. The first kappa shape index (κ1) is 31.9. The van der Waals surface area contributed by atoms with Crippen LogP contribution in [0.5, 0.6) is 5.75 Å². The number of nitrogens with zero attached hydrogens (tertiary/aromatic N) is 2. The molecular formula is C39H43FN2O4. The zero-order valence-corrected chi connectivity index (χ0v) is 27.5. The van der Waals surface area contributed by atoms with Gasteiger partial charge >= 0.3 is 5.97 Å². The number of benzene rings is 3. The van der Waals surface area contributed by atoms with E-state index in [0.717, 1.165) is 83.7 Å². The summed E-state index contributed by atoms with van der Waals surface area (Å²) in [7, 11) is 0. The van der Waals surface area contributed by atoms with E-state index in [1.807, 2.05) is 58.9 Å². The Hall–Kier alpha value is -4.07. The average molecular weight is 623 g/mol. The lowest BCUT2D eigenvalue weighted by atomic mass is 9.84. The fourth-order valence-electron chi connectivity index (χ4n) is 6.88. The van der Waals surface area contributed by atoms with Crippen molar-refractivity contribution in [2.24, 2.45) is 0 Å². The zero-order valence-electron chi connectivity index (χ0n) is 27.5. The molecule has 0 fully saturated rings. The van der Waals surface area contributed by atoms with Gasteiger partial charge in [0.05, 0.1) is 12.2 Å². The van der Waals surface area contributed by atoms with Gasteiger partial charge in [-0.15, -0.1) is 0 Å². The van der Waals surface area contributed by atoms with E-state index in [0.29, 0.717) is 24.3 Å². The van der Waals surface area contributed by atoms with Gasteiger partial charge in [-0.2, -0.15) is 0 Å². The van der Waals surface area contributed by atoms with E-state index in [1.54, 1.807) is 6.07 Å². The Morgan fingerprint density at radius 1 is 0.978 bits per heavy atom. The van der Waals surface area contributed by atoms with Crippen molar-refractivity contribution in [3.63, 3.8) is 0 Å². The molecule has 1 N–H and O–H groups in total. The Kier molecular flexibility index (Phi) is 8.99. The summed E-state index contributed by atoms with van der Waals surface area (Å²) in [5.74, 6) is -0.306. The molecule has 7 heteroatoms.